The molecule has 8 heteroatoms. The Labute approximate surface area is 118 Å². The van der Waals surface area contributed by atoms with E-state index < -0.39 is 16.8 Å². The van der Waals surface area contributed by atoms with Crippen molar-refractivity contribution < 1.29 is 19.6 Å². The number of nitrogens with zero attached hydrogens (tertiary/aromatic N) is 2. The van der Waals surface area contributed by atoms with E-state index in [2.05, 4.69) is 10.3 Å². The first-order valence-electron chi connectivity index (χ1n) is 5.72. The minimum Gasteiger partial charge on any atom is -0.478 e. The first-order valence-corrected chi connectivity index (χ1v) is 5.72. The van der Waals surface area contributed by atoms with Gasteiger partial charge in [0.25, 0.3) is 11.6 Å². The third-order valence-electron chi connectivity index (χ3n) is 2.64. The summed E-state index contributed by atoms with van der Waals surface area (Å²) in [6, 6.07) is 6.11. The highest BCUT2D eigenvalue weighted by Gasteiger charge is 2.18. The maximum Gasteiger partial charge on any atom is 0.338 e. The second-order valence-electron chi connectivity index (χ2n) is 3.98. The van der Waals surface area contributed by atoms with Crippen molar-refractivity contribution in [1.82, 2.24) is 4.98 Å². The molecular formula is C13H9N3O5. The second kappa shape index (κ2) is 5.78. The van der Waals surface area contributed by atoms with Crippen LogP contribution in [-0.2, 0) is 0 Å². The average molecular weight is 287 g/mol. The van der Waals surface area contributed by atoms with Gasteiger partial charge in [-0.3, -0.25) is 19.9 Å². The van der Waals surface area contributed by atoms with Gasteiger partial charge in [0, 0.05) is 30.1 Å². The summed E-state index contributed by atoms with van der Waals surface area (Å²) in [4.78, 5) is 36.8. The van der Waals surface area contributed by atoms with E-state index >= 15 is 0 Å². The predicted molar refractivity (Wildman–Crippen MR) is 72.2 cm³/mol. The number of anilines is 1. The second-order valence-corrected chi connectivity index (χ2v) is 3.98. The Morgan fingerprint density at radius 1 is 1.19 bits per heavy atom. The molecule has 2 rings (SSSR count). The van der Waals surface area contributed by atoms with Crippen LogP contribution in [0.4, 0.5) is 11.4 Å². The number of rotatable bonds is 4. The Hall–Kier alpha value is -3.29. The number of amides is 1. The standard InChI is InChI=1S/C13H9N3O5/c17-12(8-3-5-14-6-4-8)15-11-2-1-9(16(20)21)7-10(11)13(18)19/h1-7H,(H,15,17)(H,18,19). The van der Waals surface area contributed by atoms with Gasteiger partial charge in [-0.1, -0.05) is 0 Å². The van der Waals surface area contributed by atoms with Crippen LogP contribution in [0.2, 0.25) is 0 Å². The van der Waals surface area contributed by atoms with E-state index in [9.17, 15) is 19.7 Å². The van der Waals surface area contributed by atoms with E-state index in [0.29, 0.717) is 5.56 Å². The maximum atomic E-state index is 11.9. The Morgan fingerprint density at radius 3 is 2.43 bits per heavy atom. The van der Waals surface area contributed by atoms with Crippen molar-refractivity contribution >= 4 is 23.3 Å². The van der Waals surface area contributed by atoms with Crippen molar-refractivity contribution in [2.75, 3.05) is 5.32 Å². The molecule has 0 spiro atoms. The van der Waals surface area contributed by atoms with Gasteiger partial charge in [-0.25, -0.2) is 4.79 Å². The third-order valence-corrected chi connectivity index (χ3v) is 2.64. The van der Waals surface area contributed by atoms with Gasteiger partial charge in [-0.15, -0.1) is 0 Å². The van der Waals surface area contributed by atoms with Gasteiger partial charge in [-0.05, 0) is 18.2 Å². The number of nitro groups is 1. The Balaban J connectivity index is 2.34. The van der Waals surface area contributed by atoms with E-state index in [1.807, 2.05) is 0 Å². The fraction of sp³-hybridized carbons (Fsp3) is 0. The zero-order valence-corrected chi connectivity index (χ0v) is 10.5. The molecule has 21 heavy (non-hydrogen) atoms. The third kappa shape index (κ3) is 3.18. The summed E-state index contributed by atoms with van der Waals surface area (Å²) >= 11 is 0. The summed E-state index contributed by atoms with van der Waals surface area (Å²) in [7, 11) is 0. The van der Waals surface area contributed by atoms with Crippen LogP contribution in [0.25, 0.3) is 0 Å². The van der Waals surface area contributed by atoms with Gasteiger partial charge in [0.2, 0.25) is 0 Å². The lowest BCUT2D eigenvalue weighted by atomic mass is 10.1. The van der Waals surface area contributed by atoms with E-state index in [4.69, 9.17) is 5.11 Å². The van der Waals surface area contributed by atoms with Crippen LogP contribution in [0.3, 0.4) is 0 Å². The number of non-ortho nitro benzene ring substituents is 1. The van der Waals surface area contributed by atoms with E-state index in [1.165, 1.54) is 30.6 Å². The van der Waals surface area contributed by atoms with E-state index in [1.54, 1.807) is 0 Å². The van der Waals surface area contributed by atoms with Crippen LogP contribution in [-0.4, -0.2) is 26.9 Å². The molecule has 0 atom stereocenters. The van der Waals surface area contributed by atoms with E-state index in [-0.39, 0.29) is 16.9 Å². The van der Waals surface area contributed by atoms with Crippen LogP contribution < -0.4 is 5.32 Å². The summed E-state index contributed by atoms with van der Waals surface area (Å²) in [5.41, 5.74) is -0.449. The van der Waals surface area contributed by atoms with E-state index in [0.717, 1.165) is 12.1 Å². The molecule has 1 aromatic heterocycles. The maximum absolute atomic E-state index is 11.9. The number of nitro benzene ring substituents is 1. The highest BCUT2D eigenvalue weighted by molar-refractivity contribution is 6.07. The van der Waals surface area contributed by atoms with Crippen molar-refractivity contribution in [3.63, 3.8) is 0 Å². The van der Waals surface area contributed by atoms with Gasteiger partial charge < -0.3 is 10.4 Å². The molecule has 1 heterocycles. The predicted octanol–water partition coefficient (Wildman–Crippen LogP) is 1.94. The topological polar surface area (TPSA) is 122 Å². The summed E-state index contributed by atoms with van der Waals surface area (Å²) in [6.45, 7) is 0. The van der Waals surface area contributed by atoms with Crippen LogP contribution in [0.5, 0.6) is 0 Å². The monoisotopic (exact) mass is 287 g/mol. The minimum absolute atomic E-state index is 0.0186. The number of aromatic nitrogens is 1. The number of carboxylic acids is 1. The number of benzene rings is 1. The van der Waals surface area contributed by atoms with Gasteiger partial charge in [0.05, 0.1) is 16.2 Å². The van der Waals surface area contributed by atoms with Gasteiger partial charge in [0.15, 0.2) is 0 Å². The zero-order chi connectivity index (χ0) is 15.4. The molecule has 0 saturated heterocycles. The zero-order valence-electron chi connectivity index (χ0n) is 10.5. The van der Waals surface area contributed by atoms with Gasteiger partial charge in [-0.2, -0.15) is 0 Å². The molecule has 0 aliphatic carbocycles. The number of carbonyl (C=O) groups excluding carboxylic acids is 1. The molecule has 0 fully saturated rings. The molecule has 0 unspecified atom stereocenters. The molecule has 1 amide bonds. The van der Waals surface area contributed by atoms with Crippen molar-refractivity contribution in [3.8, 4) is 0 Å². The van der Waals surface area contributed by atoms with Crippen molar-refractivity contribution in [2.24, 2.45) is 0 Å². The first kappa shape index (κ1) is 14.1. The molecule has 0 radical (unpaired) electrons. The number of pyridine rings is 1. The fourth-order valence-electron chi connectivity index (χ4n) is 1.63. The Morgan fingerprint density at radius 2 is 1.86 bits per heavy atom. The number of nitrogens with one attached hydrogen (secondary N) is 1. The lowest BCUT2D eigenvalue weighted by molar-refractivity contribution is -0.384. The number of hydrogen-bond donors (Lipinski definition) is 2. The van der Waals surface area contributed by atoms with Crippen LogP contribution in [0.1, 0.15) is 20.7 Å². The highest BCUT2D eigenvalue weighted by Crippen LogP contribution is 2.22. The molecule has 0 saturated carbocycles. The Bertz CT molecular complexity index is 715. The molecular weight excluding hydrogens is 278 g/mol. The highest BCUT2D eigenvalue weighted by atomic mass is 16.6. The van der Waals surface area contributed by atoms with Gasteiger partial charge in [0.1, 0.15) is 0 Å². The fourth-order valence-corrected chi connectivity index (χ4v) is 1.63. The normalized spacial score (nSPS) is 9.90. The van der Waals surface area contributed by atoms with Crippen molar-refractivity contribution in [3.05, 3.63) is 64.0 Å². The first-order chi connectivity index (χ1) is 9.99. The van der Waals surface area contributed by atoms with Crippen LogP contribution >= 0.6 is 0 Å². The SMILES string of the molecule is O=C(Nc1ccc([N+](=O)[O-])cc1C(=O)O)c1ccncc1. The summed E-state index contributed by atoms with van der Waals surface area (Å²) in [5.74, 6) is -1.91. The molecule has 2 aromatic rings. The smallest absolute Gasteiger partial charge is 0.338 e. The number of carboxylic acid groups (broad SMARTS) is 1. The molecule has 0 aliphatic rings. The van der Waals surface area contributed by atoms with Gasteiger partial charge >= 0.3 is 5.97 Å². The lowest BCUT2D eigenvalue weighted by Crippen LogP contribution is -2.15. The number of carbonyl (C=O) groups is 2. The molecule has 0 aliphatic heterocycles. The van der Waals surface area contributed by atoms with Crippen molar-refractivity contribution in [1.29, 1.82) is 0 Å². The molecule has 106 valence electrons. The molecule has 0 bridgehead atoms. The lowest BCUT2D eigenvalue weighted by Gasteiger charge is -2.08. The average Bonchev–Trinajstić information content (AvgIpc) is 2.48. The molecule has 1 aromatic carbocycles. The number of hydrogen-bond acceptors (Lipinski definition) is 5. The molecule has 2 N–H and O–H groups in total. The summed E-state index contributed by atoms with van der Waals surface area (Å²) in [5, 5.41) is 22.1. The van der Waals surface area contributed by atoms with Crippen LogP contribution in [0, 0.1) is 10.1 Å². The van der Waals surface area contributed by atoms with Crippen LogP contribution in [0.15, 0.2) is 42.7 Å². The summed E-state index contributed by atoms with van der Waals surface area (Å²) in [6.07, 6.45) is 2.84. The largest absolute Gasteiger partial charge is 0.478 e. The van der Waals surface area contributed by atoms with Crippen molar-refractivity contribution in [2.45, 2.75) is 0 Å². The number of aromatic carboxylic acids is 1. The molecule has 8 nitrogen and oxygen atoms in total. The summed E-state index contributed by atoms with van der Waals surface area (Å²) < 4.78 is 0. The quantitative estimate of drug-likeness (QED) is 0.654. The Kier molecular flexibility index (Phi) is 3.89. The minimum atomic E-state index is -1.37.